The van der Waals surface area contributed by atoms with Crippen molar-refractivity contribution in [3.05, 3.63) is 45.8 Å². The Labute approximate surface area is 118 Å². The zero-order valence-electron chi connectivity index (χ0n) is 12.2. The van der Waals surface area contributed by atoms with Gasteiger partial charge in [0.1, 0.15) is 38.3 Å². The van der Waals surface area contributed by atoms with Crippen LogP contribution in [0.2, 0.25) is 0 Å². The van der Waals surface area contributed by atoms with Gasteiger partial charge in [-0.1, -0.05) is 11.6 Å². The van der Waals surface area contributed by atoms with Gasteiger partial charge in [0.15, 0.2) is 0 Å². The fraction of sp³-hybridized carbons (Fsp3) is 0.438. The third-order valence-corrected chi connectivity index (χ3v) is 4.23. The molecule has 1 aliphatic rings. The van der Waals surface area contributed by atoms with E-state index in [0.717, 1.165) is 17.5 Å². The maximum atomic E-state index is 11.7. The van der Waals surface area contributed by atoms with E-state index in [1.165, 1.54) is 31.7 Å². The molecule has 4 heteroatoms. The number of hydrogen-bond donors (Lipinski definition) is 2. The van der Waals surface area contributed by atoms with Gasteiger partial charge in [0, 0.05) is 17.0 Å². The summed E-state index contributed by atoms with van der Waals surface area (Å²) in [5.41, 5.74) is 2.78. The van der Waals surface area contributed by atoms with Crippen LogP contribution in [-0.2, 0) is 6.54 Å². The molecule has 20 heavy (non-hydrogen) atoms. The van der Waals surface area contributed by atoms with E-state index in [4.69, 9.17) is 4.42 Å². The largest absolute Gasteiger partial charge is 0.423 e. The van der Waals surface area contributed by atoms with Crippen molar-refractivity contribution in [1.82, 2.24) is 0 Å². The molecular formula is C16H22N2O2+2. The van der Waals surface area contributed by atoms with Gasteiger partial charge in [0.25, 0.3) is 0 Å². The van der Waals surface area contributed by atoms with Crippen molar-refractivity contribution < 1.29 is 14.2 Å². The number of aryl methyl sites for hydroxylation is 1. The molecule has 0 radical (unpaired) electrons. The number of fused-ring (bicyclic) bond motifs is 1. The van der Waals surface area contributed by atoms with Gasteiger partial charge in [-0.25, -0.2) is 4.79 Å². The molecule has 0 spiro atoms. The average Bonchev–Trinajstić information content (AvgIpc) is 2.42. The number of rotatable bonds is 2. The zero-order chi connectivity index (χ0) is 14.1. The Bertz CT molecular complexity index is 670. The van der Waals surface area contributed by atoms with Gasteiger partial charge in [0.2, 0.25) is 0 Å². The third kappa shape index (κ3) is 2.76. The topological polar surface area (TPSA) is 39.1 Å². The highest BCUT2D eigenvalue weighted by molar-refractivity contribution is 5.80. The first kappa shape index (κ1) is 13.3. The van der Waals surface area contributed by atoms with Crippen molar-refractivity contribution in [2.75, 3.05) is 33.2 Å². The number of quaternary nitrogens is 2. The maximum Gasteiger partial charge on any atom is 0.336 e. The molecule has 106 valence electrons. The normalized spacial score (nSPS) is 23.1. The van der Waals surface area contributed by atoms with Crippen LogP contribution in [0, 0.1) is 6.92 Å². The predicted molar refractivity (Wildman–Crippen MR) is 78.2 cm³/mol. The monoisotopic (exact) mass is 274 g/mol. The second kappa shape index (κ2) is 5.38. The lowest BCUT2D eigenvalue weighted by Gasteiger charge is -2.27. The van der Waals surface area contributed by atoms with Crippen LogP contribution in [-0.4, -0.2) is 33.2 Å². The minimum atomic E-state index is -0.240. The SMILES string of the molecule is Cc1ccc2oc(=O)cc(C[NH+]3CC[NH+](C)CC3)c2c1. The molecule has 1 fully saturated rings. The van der Waals surface area contributed by atoms with E-state index in [0.29, 0.717) is 5.58 Å². The Hall–Kier alpha value is -1.65. The van der Waals surface area contributed by atoms with Gasteiger partial charge in [-0.15, -0.1) is 0 Å². The Kier molecular flexibility index (Phi) is 3.59. The van der Waals surface area contributed by atoms with Crippen LogP contribution in [0.15, 0.2) is 33.5 Å². The lowest BCUT2D eigenvalue weighted by molar-refractivity contribution is -1.01. The van der Waals surface area contributed by atoms with E-state index < -0.39 is 0 Å². The third-order valence-electron chi connectivity index (χ3n) is 4.23. The highest BCUT2D eigenvalue weighted by atomic mass is 16.4. The number of likely N-dealkylation sites (N-methyl/N-ethyl adjacent to an activating group) is 1. The summed E-state index contributed by atoms with van der Waals surface area (Å²) in [4.78, 5) is 14.9. The average molecular weight is 274 g/mol. The van der Waals surface area contributed by atoms with E-state index >= 15 is 0 Å². The van der Waals surface area contributed by atoms with Gasteiger partial charge in [-0.05, 0) is 19.1 Å². The Morgan fingerprint density at radius 1 is 1.15 bits per heavy atom. The molecule has 1 aromatic heterocycles. The van der Waals surface area contributed by atoms with Gasteiger partial charge in [-0.3, -0.25) is 0 Å². The lowest BCUT2D eigenvalue weighted by Crippen LogP contribution is -3.26. The van der Waals surface area contributed by atoms with Crippen molar-refractivity contribution in [3.8, 4) is 0 Å². The second-order valence-electron chi connectivity index (χ2n) is 5.97. The second-order valence-corrected chi connectivity index (χ2v) is 5.97. The molecule has 1 aromatic carbocycles. The molecule has 0 atom stereocenters. The van der Waals surface area contributed by atoms with E-state index in [2.05, 4.69) is 20.0 Å². The van der Waals surface area contributed by atoms with Crippen LogP contribution in [0.4, 0.5) is 0 Å². The first-order valence-corrected chi connectivity index (χ1v) is 7.30. The van der Waals surface area contributed by atoms with Crippen LogP contribution in [0.5, 0.6) is 0 Å². The summed E-state index contributed by atoms with van der Waals surface area (Å²) >= 11 is 0. The van der Waals surface area contributed by atoms with Crippen LogP contribution < -0.4 is 15.4 Å². The molecule has 4 nitrogen and oxygen atoms in total. The lowest BCUT2D eigenvalue weighted by atomic mass is 10.1. The molecule has 2 aromatic rings. The quantitative estimate of drug-likeness (QED) is 0.691. The maximum absolute atomic E-state index is 11.7. The molecule has 0 aliphatic carbocycles. The molecular weight excluding hydrogens is 252 g/mol. The number of benzene rings is 1. The molecule has 1 aliphatic heterocycles. The van der Waals surface area contributed by atoms with Crippen molar-refractivity contribution in [3.63, 3.8) is 0 Å². The highest BCUT2D eigenvalue weighted by Gasteiger charge is 2.21. The minimum absolute atomic E-state index is 0.240. The van der Waals surface area contributed by atoms with Gasteiger partial charge in [-0.2, -0.15) is 0 Å². The van der Waals surface area contributed by atoms with Crippen molar-refractivity contribution in [1.29, 1.82) is 0 Å². The zero-order valence-corrected chi connectivity index (χ0v) is 12.2. The molecule has 3 rings (SSSR count). The van der Waals surface area contributed by atoms with Crippen molar-refractivity contribution in [2.24, 2.45) is 0 Å². The van der Waals surface area contributed by atoms with Gasteiger partial charge >= 0.3 is 5.63 Å². The number of nitrogens with one attached hydrogen (secondary N) is 2. The van der Waals surface area contributed by atoms with Crippen molar-refractivity contribution >= 4 is 11.0 Å². The van der Waals surface area contributed by atoms with E-state index in [1.54, 1.807) is 15.9 Å². The summed E-state index contributed by atoms with van der Waals surface area (Å²) in [7, 11) is 2.24. The fourth-order valence-corrected chi connectivity index (χ4v) is 2.96. The highest BCUT2D eigenvalue weighted by Crippen LogP contribution is 2.17. The standard InChI is InChI=1S/C16H20N2O2/c1-12-3-4-15-14(9-12)13(10-16(19)20-15)11-18-7-5-17(2)6-8-18/h3-4,9-10H,5-8,11H2,1-2H3/p+2. The Morgan fingerprint density at radius 2 is 1.90 bits per heavy atom. The number of hydrogen-bond acceptors (Lipinski definition) is 2. The molecule has 0 saturated carbocycles. The smallest absolute Gasteiger partial charge is 0.336 e. The molecule has 2 N–H and O–H groups in total. The van der Waals surface area contributed by atoms with Crippen LogP contribution in [0.3, 0.4) is 0 Å². The van der Waals surface area contributed by atoms with E-state index in [-0.39, 0.29) is 5.63 Å². The summed E-state index contributed by atoms with van der Waals surface area (Å²) in [6.07, 6.45) is 0. The van der Waals surface area contributed by atoms with Crippen LogP contribution in [0.1, 0.15) is 11.1 Å². The Balaban J connectivity index is 1.94. The first-order valence-electron chi connectivity index (χ1n) is 7.30. The predicted octanol–water partition coefficient (Wildman–Crippen LogP) is -0.985. The summed E-state index contributed by atoms with van der Waals surface area (Å²) in [5.74, 6) is 0. The van der Waals surface area contributed by atoms with Gasteiger partial charge < -0.3 is 14.2 Å². The molecule has 0 unspecified atom stereocenters. The van der Waals surface area contributed by atoms with Crippen molar-refractivity contribution in [2.45, 2.75) is 13.5 Å². The Morgan fingerprint density at radius 3 is 2.65 bits per heavy atom. The summed E-state index contributed by atoms with van der Waals surface area (Å²) in [5, 5.41) is 1.09. The molecule has 0 bridgehead atoms. The first-order chi connectivity index (χ1) is 9.61. The molecule has 0 amide bonds. The van der Waals surface area contributed by atoms with E-state index in [9.17, 15) is 4.79 Å². The number of piperazine rings is 1. The van der Waals surface area contributed by atoms with E-state index in [1.807, 2.05) is 12.1 Å². The summed E-state index contributed by atoms with van der Waals surface area (Å²) < 4.78 is 5.29. The minimum Gasteiger partial charge on any atom is -0.423 e. The molecule has 2 heterocycles. The van der Waals surface area contributed by atoms with Crippen LogP contribution >= 0.6 is 0 Å². The fourth-order valence-electron chi connectivity index (χ4n) is 2.96. The summed E-state index contributed by atoms with van der Waals surface area (Å²) in [6, 6.07) is 7.68. The van der Waals surface area contributed by atoms with Crippen LogP contribution in [0.25, 0.3) is 11.0 Å². The molecule has 1 saturated heterocycles. The van der Waals surface area contributed by atoms with Gasteiger partial charge in [0.05, 0.1) is 7.05 Å². The summed E-state index contributed by atoms with van der Waals surface area (Å²) in [6.45, 7) is 7.72.